The molecule has 1 heterocycles. The van der Waals surface area contributed by atoms with Crippen LogP contribution < -0.4 is 5.73 Å². The predicted octanol–water partition coefficient (Wildman–Crippen LogP) is 4.65. The first kappa shape index (κ1) is 14.9. The lowest BCUT2D eigenvalue weighted by molar-refractivity contribution is 0.606. The smallest absolute Gasteiger partial charge is 0.127 e. The molecule has 1 unspecified atom stereocenters. The molecule has 3 aromatic carbocycles. The lowest BCUT2D eigenvalue weighted by Gasteiger charge is -2.15. The van der Waals surface area contributed by atoms with Crippen molar-refractivity contribution >= 4 is 21.8 Å². The van der Waals surface area contributed by atoms with Gasteiger partial charge in [-0.3, -0.25) is 0 Å². The number of benzene rings is 3. The molecule has 0 amide bonds. The number of rotatable bonds is 4. The van der Waals surface area contributed by atoms with E-state index in [0.717, 1.165) is 29.8 Å². The number of fused-ring (bicyclic) bond motifs is 2. The van der Waals surface area contributed by atoms with Crippen LogP contribution in [0.2, 0.25) is 0 Å². The van der Waals surface area contributed by atoms with Crippen molar-refractivity contribution in [3.8, 4) is 0 Å². The van der Waals surface area contributed by atoms with Crippen molar-refractivity contribution in [3.63, 3.8) is 0 Å². The summed E-state index contributed by atoms with van der Waals surface area (Å²) in [5.74, 6) is 0.964. The lowest BCUT2D eigenvalue weighted by atomic mass is 10.0. The van der Waals surface area contributed by atoms with E-state index in [4.69, 9.17) is 10.7 Å². The third-order valence-corrected chi connectivity index (χ3v) is 4.66. The molecular formula is C21H21N3. The molecule has 120 valence electrons. The number of aromatic nitrogens is 2. The number of hydrogen-bond donors (Lipinski definition) is 1. The van der Waals surface area contributed by atoms with E-state index in [9.17, 15) is 0 Å². The number of para-hydroxylation sites is 2. The summed E-state index contributed by atoms with van der Waals surface area (Å²) in [6, 6.07) is 23.2. The Morgan fingerprint density at radius 3 is 2.58 bits per heavy atom. The van der Waals surface area contributed by atoms with Gasteiger partial charge in [-0.25, -0.2) is 4.98 Å². The summed E-state index contributed by atoms with van der Waals surface area (Å²) < 4.78 is 2.27. The Morgan fingerprint density at radius 2 is 1.71 bits per heavy atom. The van der Waals surface area contributed by atoms with Gasteiger partial charge in [0.2, 0.25) is 0 Å². The van der Waals surface area contributed by atoms with Gasteiger partial charge in [0.1, 0.15) is 5.82 Å². The van der Waals surface area contributed by atoms with Crippen molar-refractivity contribution in [2.75, 3.05) is 0 Å². The molecule has 2 N–H and O–H groups in total. The third-order valence-electron chi connectivity index (χ3n) is 4.66. The molecule has 4 rings (SSSR count). The number of imidazole rings is 1. The Hall–Kier alpha value is -2.65. The van der Waals surface area contributed by atoms with Gasteiger partial charge in [0.25, 0.3) is 0 Å². The molecule has 1 aromatic heterocycles. The van der Waals surface area contributed by atoms with E-state index >= 15 is 0 Å². The van der Waals surface area contributed by atoms with E-state index in [2.05, 4.69) is 72.2 Å². The highest BCUT2D eigenvalue weighted by molar-refractivity contribution is 5.86. The molecule has 1 atom stereocenters. The zero-order valence-electron chi connectivity index (χ0n) is 13.8. The van der Waals surface area contributed by atoms with Crippen molar-refractivity contribution in [3.05, 3.63) is 78.1 Å². The van der Waals surface area contributed by atoms with Crippen LogP contribution in [0.4, 0.5) is 0 Å². The maximum atomic E-state index is 6.34. The van der Waals surface area contributed by atoms with Crippen LogP contribution in [0.5, 0.6) is 0 Å². The molecular weight excluding hydrogens is 294 g/mol. The molecule has 0 aliphatic heterocycles. The Bertz CT molecular complexity index is 995. The molecule has 0 aliphatic rings. The summed E-state index contributed by atoms with van der Waals surface area (Å²) in [5, 5.41) is 2.55. The molecule has 0 fully saturated rings. The number of hydrogen-bond acceptors (Lipinski definition) is 2. The molecule has 3 nitrogen and oxygen atoms in total. The first-order valence-electron chi connectivity index (χ1n) is 8.45. The van der Waals surface area contributed by atoms with Crippen molar-refractivity contribution in [2.24, 2.45) is 5.73 Å². The van der Waals surface area contributed by atoms with Crippen molar-refractivity contribution in [1.82, 2.24) is 9.55 Å². The van der Waals surface area contributed by atoms with E-state index in [1.165, 1.54) is 16.3 Å². The second-order valence-corrected chi connectivity index (χ2v) is 6.20. The maximum absolute atomic E-state index is 6.34. The highest BCUT2D eigenvalue weighted by Crippen LogP contribution is 2.25. The zero-order valence-corrected chi connectivity index (χ0v) is 13.8. The van der Waals surface area contributed by atoms with Crippen LogP contribution >= 0.6 is 0 Å². The summed E-state index contributed by atoms with van der Waals surface area (Å²) in [7, 11) is 0. The summed E-state index contributed by atoms with van der Waals surface area (Å²) in [4.78, 5) is 4.80. The molecule has 3 heteroatoms. The van der Waals surface area contributed by atoms with Gasteiger partial charge >= 0.3 is 0 Å². The fourth-order valence-corrected chi connectivity index (χ4v) is 3.33. The summed E-state index contributed by atoms with van der Waals surface area (Å²) in [6.07, 6.45) is 0.874. The number of nitrogens with two attached hydrogens (primary N) is 1. The molecule has 4 aromatic rings. The fourth-order valence-electron chi connectivity index (χ4n) is 3.33. The second-order valence-electron chi connectivity index (χ2n) is 6.20. The fraction of sp³-hybridized carbons (Fsp3) is 0.190. The van der Waals surface area contributed by atoms with Crippen LogP contribution in [0.15, 0.2) is 66.7 Å². The van der Waals surface area contributed by atoms with Crippen molar-refractivity contribution in [1.29, 1.82) is 0 Å². The summed E-state index contributed by atoms with van der Waals surface area (Å²) >= 11 is 0. The van der Waals surface area contributed by atoms with E-state index < -0.39 is 0 Å². The molecule has 0 radical (unpaired) electrons. The minimum atomic E-state index is -0.0487. The average Bonchev–Trinajstić information content (AvgIpc) is 3.00. The van der Waals surface area contributed by atoms with Gasteiger partial charge < -0.3 is 10.3 Å². The monoisotopic (exact) mass is 315 g/mol. The second kappa shape index (κ2) is 6.10. The van der Waals surface area contributed by atoms with E-state index in [0.29, 0.717) is 0 Å². The molecule has 0 saturated carbocycles. The zero-order chi connectivity index (χ0) is 16.5. The van der Waals surface area contributed by atoms with Gasteiger partial charge in [-0.1, -0.05) is 61.5 Å². The maximum Gasteiger partial charge on any atom is 0.127 e. The molecule has 0 bridgehead atoms. The van der Waals surface area contributed by atoms with Crippen LogP contribution in [-0.4, -0.2) is 9.55 Å². The minimum Gasteiger partial charge on any atom is -0.322 e. The lowest BCUT2D eigenvalue weighted by Crippen LogP contribution is -2.16. The average molecular weight is 315 g/mol. The third kappa shape index (κ3) is 2.47. The normalized spacial score (nSPS) is 12.8. The van der Waals surface area contributed by atoms with E-state index in [-0.39, 0.29) is 6.04 Å². The van der Waals surface area contributed by atoms with Crippen LogP contribution in [0.25, 0.3) is 21.8 Å². The Labute approximate surface area is 141 Å². The van der Waals surface area contributed by atoms with Crippen LogP contribution in [0.1, 0.15) is 30.8 Å². The first-order valence-corrected chi connectivity index (χ1v) is 8.45. The Kier molecular flexibility index (Phi) is 3.79. The van der Waals surface area contributed by atoms with Crippen LogP contribution in [0.3, 0.4) is 0 Å². The predicted molar refractivity (Wildman–Crippen MR) is 100 cm³/mol. The number of nitrogens with zero attached hydrogens (tertiary/aromatic N) is 2. The minimum absolute atomic E-state index is 0.0487. The topological polar surface area (TPSA) is 43.8 Å². The van der Waals surface area contributed by atoms with Gasteiger partial charge in [-0.2, -0.15) is 0 Å². The van der Waals surface area contributed by atoms with Crippen molar-refractivity contribution < 1.29 is 0 Å². The molecule has 24 heavy (non-hydrogen) atoms. The highest BCUT2D eigenvalue weighted by atomic mass is 15.1. The van der Waals surface area contributed by atoms with E-state index in [1.807, 2.05) is 6.07 Å². The largest absolute Gasteiger partial charge is 0.322 e. The Morgan fingerprint density at radius 1 is 0.958 bits per heavy atom. The Balaban J connectivity index is 1.89. The highest BCUT2D eigenvalue weighted by Gasteiger charge is 2.16. The van der Waals surface area contributed by atoms with Gasteiger partial charge in [0.05, 0.1) is 23.6 Å². The summed E-state index contributed by atoms with van der Waals surface area (Å²) in [5.41, 5.74) is 9.79. The summed E-state index contributed by atoms with van der Waals surface area (Å²) in [6.45, 7) is 2.89. The van der Waals surface area contributed by atoms with Gasteiger partial charge in [-0.05, 0) is 34.9 Å². The molecule has 0 saturated heterocycles. The van der Waals surface area contributed by atoms with Gasteiger partial charge in [-0.15, -0.1) is 0 Å². The van der Waals surface area contributed by atoms with Crippen molar-refractivity contribution in [2.45, 2.75) is 25.9 Å². The quantitative estimate of drug-likeness (QED) is 0.596. The standard InChI is InChI=1S/C21H21N3/c1-2-18(22)21-23-19-12-5-6-13-20(19)24(21)14-16-10-7-9-15-8-3-4-11-17(15)16/h3-13,18H,2,14,22H2,1H3. The van der Waals surface area contributed by atoms with Gasteiger partial charge in [0.15, 0.2) is 0 Å². The first-order chi connectivity index (χ1) is 11.8. The van der Waals surface area contributed by atoms with Crippen LogP contribution in [0, 0.1) is 0 Å². The van der Waals surface area contributed by atoms with Crippen LogP contribution in [-0.2, 0) is 6.54 Å². The molecule has 0 aliphatic carbocycles. The molecule has 0 spiro atoms. The van der Waals surface area contributed by atoms with E-state index in [1.54, 1.807) is 0 Å². The van der Waals surface area contributed by atoms with Gasteiger partial charge in [0, 0.05) is 0 Å². The SMILES string of the molecule is CCC(N)c1nc2ccccc2n1Cc1cccc2ccccc12.